The monoisotopic (exact) mass is 290 g/mol. The first-order valence-electron chi connectivity index (χ1n) is 4.58. The lowest BCUT2D eigenvalue weighted by Crippen LogP contribution is -2.33. The Balaban J connectivity index is 2.83. The van der Waals surface area contributed by atoms with E-state index in [1.54, 1.807) is 13.8 Å². The highest BCUT2D eigenvalue weighted by Gasteiger charge is 2.24. The van der Waals surface area contributed by atoms with Crippen LogP contribution in [0.2, 0.25) is 0 Å². The van der Waals surface area contributed by atoms with Crippen molar-refractivity contribution in [3.8, 4) is 0 Å². The molecule has 0 saturated heterocycles. The number of carbonyl (C=O) groups is 1. The van der Waals surface area contributed by atoms with Gasteiger partial charge in [-0.1, -0.05) is 0 Å². The molecule has 0 aliphatic heterocycles. The summed E-state index contributed by atoms with van der Waals surface area (Å²) in [7, 11) is 0. The van der Waals surface area contributed by atoms with Gasteiger partial charge in [0.25, 0.3) is 0 Å². The average molecular weight is 291 g/mol. The molecule has 16 heavy (non-hydrogen) atoms. The molecule has 0 spiro atoms. The molecule has 0 aliphatic carbocycles. The summed E-state index contributed by atoms with van der Waals surface area (Å²) in [5, 5.41) is 0. The van der Waals surface area contributed by atoms with E-state index in [4.69, 9.17) is 10.5 Å². The zero-order chi connectivity index (χ0) is 12.3. The second-order valence-corrected chi connectivity index (χ2v) is 4.86. The first-order valence-corrected chi connectivity index (χ1v) is 5.38. The molecule has 0 saturated carbocycles. The van der Waals surface area contributed by atoms with Crippen LogP contribution in [-0.4, -0.2) is 16.7 Å². The van der Waals surface area contributed by atoms with Crippen LogP contribution in [0.4, 0.5) is 9.18 Å². The van der Waals surface area contributed by atoms with Crippen molar-refractivity contribution < 1.29 is 13.9 Å². The van der Waals surface area contributed by atoms with Crippen molar-refractivity contribution in [2.24, 2.45) is 5.73 Å². The van der Waals surface area contributed by atoms with Gasteiger partial charge in [-0.05, 0) is 35.8 Å². The number of rotatable bonds is 3. The number of nitrogens with two attached hydrogens (primary N) is 1. The molecule has 1 amide bonds. The molecule has 1 aromatic heterocycles. The lowest BCUT2D eigenvalue weighted by atomic mass is 10.0. The third-order valence-corrected chi connectivity index (χ3v) is 2.29. The van der Waals surface area contributed by atoms with E-state index >= 15 is 0 Å². The van der Waals surface area contributed by atoms with Gasteiger partial charge in [0.1, 0.15) is 11.4 Å². The molecular weight excluding hydrogens is 279 g/mol. The number of halogens is 2. The number of pyridine rings is 1. The number of aromatic nitrogens is 1. The minimum absolute atomic E-state index is 0.162. The molecule has 0 radical (unpaired) electrons. The zero-order valence-electron chi connectivity index (χ0n) is 8.96. The summed E-state index contributed by atoms with van der Waals surface area (Å²) in [5.41, 5.74) is 4.26. The summed E-state index contributed by atoms with van der Waals surface area (Å²) in [6.07, 6.45) is 0.760. The van der Waals surface area contributed by atoms with Gasteiger partial charge in [0.05, 0.1) is 5.69 Å². The largest absolute Gasteiger partial charge is 0.443 e. The highest BCUT2D eigenvalue weighted by atomic mass is 79.9. The van der Waals surface area contributed by atoms with E-state index < -0.39 is 17.5 Å². The predicted molar refractivity (Wildman–Crippen MR) is 60.3 cm³/mol. The summed E-state index contributed by atoms with van der Waals surface area (Å²) in [6.45, 7) is 3.28. The second-order valence-electron chi connectivity index (χ2n) is 3.94. The van der Waals surface area contributed by atoms with E-state index in [2.05, 4.69) is 20.9 Å². The fourth-order valence-corrected chi connectivity index (χ4v) is 1.59. The van der Waals surface area contributed by atoms with E-state index in [1.807, 2.05) is 0 Å². The van der Waals surface area contributed by atoms with Crippen molar-refractivity contribution in [1.82, 2.24) is 4.98 Å². The fourth-order valence-electron chi connectivity index (χ4n) is 1.28. The van der Waals surface area contributed by atoms with E-state index in [0.717, 1.165) is 0 Å². The van der Waals surface area contributed by atoms with Gasteiger partial charge in [-0.2, -0.15) is 0 Å². The average Bonchev–Trinajstić information content (AvgIpc) is 2.07. The Kier molecular flexibility index (Phi) is 3.85. The number of amides is 1. The van der Waals surface area contributed by atoms with Gasteiger partial charge in [0.15, 0.2) is 0 Å². The molecule has 4 nitrogen and oxygen atoms in total. The molecule has 0 unspecified atom stereocenters. The minimum atomic E-state index is -0.887. The van der Waals surface area contributed by atoms with Crippen LogP contribution in [-0.2, 0) is 11.2 Å². The molecule has 0 aromatic carbocycles. The first kappa shape index (κ1) is 12.9. The van der Waals surface area contributed by atoms with Crippen LogP contribution in [0.5, 0.6) is 0 Å². The van der Waals surface area contributed by atoms with Gasteiger partial charge in [-0.25, -0.2) is 9.18 Å². The number of hydrogen-bond donors (Lipinski definition) is 1. The number of ether oxygens (including phenoxy) is 1. The summed E-state index contributed by atoms with van der Waals surface area (Å²) < 4.78 is 18.9. The summed E-state index contributed by atoms with van der Waals surface area (Å²) >= 11 is 3.11. The highest BCUT2D eigenvalue weighted by Crippen LogP contribution is 2.19. The van der Waals surface area contributed by atoms with Crippen molar-refractivity contribution in [3.05, 3.63) is 28.2 Å². The predicted octanol–water partition coefficient (Wildman–Crippen LogP) is 2.40. The Labute approximate surface area is 101 Å². The van der Waals surface area contributed by atoms with Crippen LogP contribution < -0.4 is 5.73 Å². The Morgan fingerprint density at radius 1 is 1.69 bits per heavy atom. The van der Waals surface area contributed by atoms with Crippen molar-refractivity contribution in [3.63, 3.8) is 0 Å². The Bertz CT molecular complexity index is 410. The van der Waals surface area contributed by atoms with Crippen molar-refractivity contribution in [2.75, 3.05) is 0 Å². The fraction of sp³-hybridized carbons (Fsp3) is 0.400. The van der Waals surface area contributed by atoms with Crippen LogP contribution in [0.3, 0.4) is 0 Å². The van der Waals surface area contributed by atoms with Crippen molar-refractivity contribution in [2.45, 2.75) is 25.9 Å². The lowest BCUT2D eigenvalue weighted by molar-refractivity contribution is 0.0446. The third-order valence-electron chi connectivity index (χ3n) is 1.85. The quantitative estimate of drug-likeness (QED) is 0.930. The molecule has 0 fully saturated rings. The second kappa shape index (κ2) is 4.78. The molecular formula is C10H12BrFN2O2. The molecule has 1 aromatic rings. The molecule has 88 valence electrons. The topological polar surface area (TPSA) is 65.2 Å². The maximum atomic E-state index is 13.5. The number of primary amides is 1. The van der Waals surface area contributed by atoms with Crippen LogP contribution in [0.1, 0.15) is 19.5 Å². The maximum absolute atomic E-state index is 13.5. The van der Waals surface area contributed by atoms with Crippen LogP contribution in [0.15, 0.2) is 16.7 Å². The molecule has 2 N–H and O–H groups in total. The zero-order valence-corrected chi connectivity index (χ0v) is 10.5. The van der Waals surface area contributed by atoms with Gasteiger partial charge < -0.3 is 10.5 Å². The van der Waals surface area contributed by atoms with Gasteiger partial charge in [-0.15, -0.1) is 0 Å². The SMILES string of the molecule is CC(C)(Cc1ncc(Br)cc1F)OC(N)=O. The summed E-state index contributed by atoms with van der Waals surface area (Å²) in [4.78, 5) is 14.5. The van der Waals surface area contributed by atoms with Crippen LogP contribution in [0, 0.1) is 5.82 Å². The van der Waals surface area contributed by atoms with E-state index in [9.17, 15) is 9.18 Å². The normalized spacial score (nSPS) is 11.2. The standard InChI is InChI=1S/C10H12BrFN2O2/c1-10(2,16-9(13)15)4-8-7(12)3-6(11)5-14-8/h3,5H,4H2,1-2H3,(H2,13,15). The summed E-state index contributed by atoms with van der Waals surface area (Å²) in [6, 6.07) is 1.31. The van der Waals surface area contributed by atoms with Crippen LogP contribution >= 0.6 is 15.9 Å². The Morgan fingerprint density at radius 3 is 2.81 bits per heavy atom. The third kappa shape index (κ3) is 3.77. The first-order chi connectivity index (χ1) is 7.30. The molecule has 0 aliphatic rings. The Hall–Kier alpha value is -1.17. The highest BCUT2D eigenvalue weighted by molar-refractivity contribution is 9.10. The van der Waals surface area contributed by atoms with Gasteiger partial charge in [-0.3, -0.25) is 4.98 Å². The molecule has 0 atom stereocenters. The van der Waals surface area contributed by atoms with Crippen LogP contribution in [0.25, 0.3) is 0 Å². The van der Waals surface area contributed by atoms with Gasteiger partial charge in [0, 0.05) is 17.1 Å². The van der Waals surface area contributed by atoms with Gasteiger partial charge >= 0.3 is 6.09 Å². The van der Waals surface area contributed by atoms with E-state index in [-0.39, 0.29) is 12.1 Å². The number of nitrogens with zero attached hydrogens (tertiary/aromatic N) is 1. The van der Waals surface area contributed by atoms with Gasteiger partial charge in [0.2, 0.25) is 0 Å². The summed E-state index contributed by atoms with van der Waals surface area (Å²) in [5.74, 6) is -0.449. The molecule has 6 heteroatoms. The van der Waals surface area contributed by atoms with E-state index in [0.29, 0.717) is 4.47 Å². The minimum Gasteiger partial charge on any atom is -0.443 e. The molecule has 1 rings (SSSR count). The van der Waals surface area contributed by atoms with E-state index in [1.165, 1.54) is 12.3 Å². The molecule has 0 bridgehead atoms. The molecule has 1 heterocycles. The van der Waals surface area contributed by atoms with Crippen molar-refractivity contribution >= 4 is 22.0 Å². The smallest absolute Gasteiger partial charge is 0.405 e. The van der Waals surface area contributed by atoms with Crippen molar-refractivity contribution in [1.29, 1.82) is 0 Å². The maximum Gasteiger partial charge on any atom is 0.405 e. The number of hydrogen-bond acceptors (Lipinski definition) is 3. The number of carbonyl (C=O) groups excluding carboxylic acids is 1. The lowest BCUT2D eigenvalue weighted by Gasteiger charge is -2.23. The Morgan fingerprint density at radius 2 is 2.31 bits per heavy atom.